The Morgan fingerprint density at radius 3 is 2.77 bits per heavy atom. The van der Waals surface area contributed by atoms with E-state index in [4.69, 9.17) is 16.3 Å². The molecule has 7 nitrogen and oxygen atoms in total. The first-order chi connectivity index (χ1) is 15.0. The summed E-state index contributed by atoms with van der Waals surface area (Å²) in [7, 11) is 0. The van der Waals surface area contributed by atoms with Crippen molar-refractivity contribution in [3.05, 3.63) is 41.2 Å². The molecule has 0 atom stereocenters. The molecule has 1 fully saturated rings. The molecular weight excluding hydrogens is 416 g/mol. The van der Waals surface area contributed by atoms with Crippen LogP contribution in [0.1, 0.15) is 44.7 Å². The average molecular weight is 445 g/mol. The minimum atomic E-state index is -0.398. The first kappa shape index (κ1) is 23.2. The van der Waals surface area contributed by atoms with Gasteiger partial charge < -0.3 is 15.0 Å². The number of carbonyl (C=O) groups excluding carboxylic acids is 2. The summed E-state index contributed by atoms with van der Waals surface area (Å²) < 4.78 is 5.07. The van der Waals surface area contributed by atoms with Gasteiger partial charge in [0, 0.05) is 17.0 Å². The maximum Gasteiger partial charge on any atom is 0.311 e. The maximum atomic E-state index is 12.4. The molecule has 8 heteroatoms. The molecule has 31 heavy (non-hydrogen) atoms. The quantitative estimate of drug-likeness (QED) is 0.586. The summed E-state index contributed by atoms with van der Waals surface area (Å²) in [6.45, 7) is 5.21. The standard InChI is InChI=1S/C23H29ClN4O3/c1-2-31-22(30)15-19-23(17-8-6-9-18(24)14-17)25-16-20(26-19)27-21(29)10-7-13-28-11-4-3-5-12-28/h6,8-9,14,16H,2-5,7,10-13,15H2,1H3,(H,26,27,29). The Labute approximate surface area is 188 Å². The van der Waals surface area contributed by atoms with Crippen molar-refractivity contribution in [1.29, 1.82) is 0 Å². The van der Waals surface area contributed by atoms with Gasteiger partial charge in [0.1, 0.15) is 0 Å². The fraction of sp³-hybridized carbons (Fsp3) is 0.478. The van der Waals surface area contributed by atoms with Gasteiger partial charge in [0.05, 0.1) is 30.6 Å². The number of carbonyl (C=O) groups is 2. The molecule has 1 N–H and O–H groups in total. The molecule has 0 unspecified atom stereocenters. The highest BCUT2D eigenvalue weighted by atomic mass is 35.5. The van der Waals surface area contributed by atoms with Crippen LogP contribution in [0, 0.1) is 0 Å². The van der Waals surface area contributed by atoms with E-state index in [1.165, 1.54) is 25.5 Å². The molecule has 0 spiro atoms. The van der Waals surface area contributed by atoms with E-state index in [1.807, 2.05) is 12.1 Å². The van der Waals surface area contributed by atoms with Crippen LogP contribution in [0.2, 0.25) is 5.02 Å². The van der Waals surface area contributed by atoms with Gasteiger partial charge in [-0.05, 0) is 58.0 Å². The van der Waals surface area contributed by atoms with Gasteiger partial charge in [-0.1, -0.05) is 30.2 Å². The lowest BCUT2D eigenvalue weighted by Crippen LogP contribution is -2.31. The zero-order valence-electron chi connectivity index (χ0n) is 17.9. The monoisotopic (exact) mass is 444 g/mol. The lowest BCUT2D eigenvalue weighted by atomic mass is 10.1. The molecule has 2 aromatic rings. The second kappa shape index (κ2) is 11.8. The van der Waals surface area contributed by atoms with Crippen LogP contribution in [0.15, 0.2) is 30.5 Å². The fourth-order valence-electron chi connectivity index (χ4n) is 3.69. The van der Waals surface area contributed by atoms with Gasteiger partial charge in [0.25, 0.3) is 0 Å². The van der Waals surface area contributed by atoms with E-state index >= 15 is 0 Å². The number of aromatic nitrogens is 2. The van der Waals surface area contributed by atoms with Gasteiger partial charge in [-0.15, -0.1) is 0 Å². The molecule has 1 saturated heterocycles. The Morgan fingerprint density at radius 2 is 2.03 bits per heavy atom. The van der Waals surface area contributed by atoms with Gasteiger partial charge in [-0.3, -0.25) is 14.6 Å². The van der Waals surface area contributed by atoms with E-state index in [0.717, 1.165) is 31.6 Å². The number of hydrogen-bond acceptors (Lipinski definition) is 6. The van der Waals surface area contributed by atoms with E-state index < -0.39 is 5.97 Å². The highest BCUT2D eigenvalue weighted by molar-refractivity contribution is 6.30. The second-order valence-corrected chi connectivity index (χ2v) is 8.03. The third kappa shape index (κ3) is 7.29. The van der Waals surface area contributed by atoms with E-state index in [0.29, 0.717) is 28.6 Å². The van der Waals surface area contributed by atoms with Crippen LogP contribution in [-0.4, -0.2) is 53.0 Å². The lowest BCUT2D eigenvalue weighted by Gasteiger charge is -2.26. The third-order valence-electron chi connectivity index (χ3n) is 5.15. The lowest BCUT2D eigenvalue weighted by molar-refractivity contribution is -0.142. The van der Waals surface area contributed by atoms with Crippen molar-refractivity contribution in [2.45, 2.75) is 45.4 Å². The Kier molecular flexibility index (Phi) is 8.79. The van der Waals surface area contributed by atoms with E-state index in [1.54, 1.807) is 19.1 Å². The first-order valence-electron chi connectivity index (χ1n) is 10.8. The molecule has 1 amide bonds. The van der Waals surface area contributed by atoms with E-state index in [-0.39, 0.29) is 18.9 Å². The van der Waals surface area contributed by atoms with Crippen LogP contribution in [0.4, 0.5) is 5.82 Å². The van der Waals surface area contributed by atoms with Crippen molar-refractivity contribution in [3.8, 4) is 11.3 Å². The van der Waals surface area contributed by atoms with Crippen molar-refractivity contribution in [2.75, 3.05) is 31.6 Å². The number of piperidine rings is 1. The van der Waals surface area contributed by atoms with Crippen molar-refractivity contribution < 1.29 is 14.3 Å². The number of amides is 1. The predicted molar refractivity (Wildman–Crippen MR) is 121 cm³/mol. The van der Waals surface area contributed by atoms with E-state index in [9.17, 15) is 9.59 Å². The maximum absolute atomic E-state index is 12.4. The molecular formula is C23H29ClN4O3. The number of hydrogen-bond donors (Lipinski definition) is 1. The number of likely N-dealkylation sites (tertiary alicyclic amines) is 1. The number of ether oxygens (including phenoxy) is 1. The molecule has 0 saturated carbocycles. The van der Waals surface area contributed by atoms with Crippen molar-refractivity contribution >= 4 is 29.3 Å². The summed E-state index contributed by atoms with van der Waals surface area (Å²) in [5.41, 5.74) is 1.73. The summed E-state index contributed by atoms with van der Waals surface area (Å²) in [6, 6.07) is 7.19. The Hall–Kier alpha value is -2.51. The molecule has 0 bridgehead atoms. The minimum absolute atomic E-state index is 0.0403. The van der Waals surface area contributed by atoms with Crippen molar-refractivity contribution in [3.63, 3.8) is 0 Å². The van der Waals surface area contributed by atoms with Gasteiger partial charge in [0.15, 0.2) is 5.82 Å². The zero-order valence-corrected chi connectivity index (χ0v) is 18.7. The number of nitrogens with one attached hydrogen (secondary N) is 1. The highest BCUT2D eigenvalue weighted by Gasteiger charge is 2.16. The van der Waals surface area contributed by atoms with Crippen LogP contribution in [-0.2, 0) is 20.7 Å². The summed E-state index contributed by atoms with van der Waals surface area (Å²) in [6.07, 6.45) is 6.47. The minimum Gasteiger partial charge on any atom is -0.466 e. The van der Waals surface area contributed by atoms with Crippen LogP contribution in [0.5, 0.6) is 0 Å². The van der Waals surface area contributed by atoms with Gasteiger partial charge in [0.2, 0.25) is 5.91 Å². The SMILES string of the molecule is CCOC(=O)Cc1nc(NC(=O)CCCN2CCCCC2)cnc1-c1cccc(Cl)c1. The van der Waals surface area contributed by atoms with E-state index in [2.05, 4.69) is 20.2 Å². The number of benzene rings is 1. The average Bonchev–Trinajstić information content (AvgIpc) is 2.75. The topological polar surface area (TPSA) is 84.4 Å². The van der Waals surface area contributed by atoms with Gasteiger partial charge in [-0.25, -0.2) is 4.98 Å². The number of rotatable bonds is 9. The molecule has 2 heterocycles. The summed E-state index contributed by atoms with van der Waals surface area (Å²) in [5, 5.41) is 3.37. The number of nitrogens with zero attached hydrogens (tertiary/aromatic N) is 3. The molecule has 1 aromatic carbocycles. The van der Waals surface area contributed by atoms with Gasteiger partial charge in [-0.2, -0.15) is 0 Å². The molecule has 3 rings (SSSR count). The number of anilines is 1. The second-order valence-electron chi connectivity index (χ2n) is 7.60. The Balaban J connectivity index is 1.67. The molecule has 0 radical (unpaired) electrons. The number of esters is 1. The molecule has 1 aromatic heterocycles. The third-order valence-corrected chi connectivity index (χ3v) is 5.39. The number of halogens is 1. The van der Waals surface area contributed by atoms with Crippen LogP contribution >= 0.6 is 11.6 Å². The molecule has 1 aliphatic heterocycles. The zero-order chi connectivity index (χ0) is 22.1. The van der Waals surface area contributed by atoms with Crippen LogP contribution in [0.25, 0.3) is 11.3 Å². The smallest absolute Gasteiger partial charge is 0.311 e. The highest BCUT2D eigenvalue weighted by Crippen LogP contribution is 2.25. The van der Waals surface area contributed by atoms with Crippen molar-refractivity contribution in [1.82, 2.24) is 14.9 Å². The summed E-state index contributed by atoms with van der Waals surface area (Å²) in [5.74, 6) is -0.179. The Bertz CT molecular complexity index is 900. The molecule has 1 aliphatic rings. The first-order valence-corrected chi connectivity index (χ1v) is 11.2. The predicted octanol–water partition coefficient (Wildman–Crippen LogP) is 4.11. The normalized spacial score (nSPS) is 14.3. The summed E-state index contributed by atoms with van der Waals surface area (Å²) >= 11 is 6.11. The summed E-state index contributed by atoms with van der Waals surface area (Å²) in [4.78, 5) is 35.8. The van der Waals surface area contributed by atoms with Crippen LogP contribution < -0.4 is 5.32 Å². The molecule has 166 valence electrons. The van der Waals surface area contributed by atoms with Crippen molar-refractivity contribution in [2.24, 2.45) is 0 Å². The Morgan fingerprint density at radius 1 is 1.23 bits per heavy atom. The van der Waals surface area contributed by atoms with Crippen LogP contribution in [0.3, 0.4) is 0 Å². The fourth-order valence-corrected chi connectivity index (χ4v) is 3.88. The van der Waals surface area contributed by atoms with Gasteiger partial charge >= 0.3 is 5.97 Å². The molecule has 0 aliphatic carbocycles. The largest absolute Gasteiger partial charge is 0.466 e.